The van der Waals surface area contributed by atoms with Gasteiger partial charge in [-0.1, -0.05) is 78.4 Å². The second-order valence-electron chi connectivity index (χ2n) is 18.4. The molecule has 1 aromatic carbocycles. The monoisotopic (exact) mass is 799 g/mol. The number of hydrogen-bond donors (Lipinski definition) is 7. The fourth-order valence-electron chi connectivity index (χ4n) is 11.9. The lowest BCUT2D eigenvalue weighted by atomic mass is 9.45. The molecule has 0 unspecified atom stereocenters. The van der Waals surface area contributed by atoms with E-state index in [9.17, 15) is 30.3 Å². The molecule has 5 aliphatic rings. The van der Waals surface area contributed by atoms with Crippen LogP contribution in [-0.2, 0) is 22.4 Å². The lowest BCUT2D eigenvalue weighted by Crippen LogP contribution is -2.65. The van der Waals surface area contributed by atoms with E-state index in [2.05, 4.69) is 66.6 Å². The van der Waals surface area contributed by atoms with Crippen LogP contribution in [0, 0.1) is 40.9 Å². The maximum atomic E-state index is 12.8. The zero-order chi connectivity index (χ0) is 41.7. The summed E-state index contributed by atoms with van der Waals surface area (Å²) in [7, 11) is 3.58. The Morgan fingerprint density at radius 2 is 1.91 bits per heavy atom. The van der Waals surface area contributed by atoms with Gasteiger partial charge < -0.3 is 35.6 Å². The zero-order valence-electron chi connectivity index (χ0n) is 35.3. The highest BCUT2D eigenvalue weighted by Crippen LogP contribution is 2.67. The van der Waals surface area contributed by atoms with Gasteiger partial charge in [-0.15, -0.1) is 0 Å². The number of ether oxygens (including phenoxy) is 1. The number of fused-ring (bicyclic) bond motifs is 6. The molecule has 11 atom stereocenters. The summed E-state index contributed by atoms with van der Waals surface area (Å²) in [5.74, 6) is -0.737. The lowest BCUT2D eigenvalue weighted by molar-refractivity contribution is -0.194. The summed E-state index contributed by atoms with van der Waals surface area (Å²) in [4.78, 5) is 12.3. The summed E-state index contributed by atoms with van der Waals surface area (Å²) in [5, 5.41) is 64.9. The van der Waals surface area contributed by atoms with Crippen molar-refractivity contribution in [2.75, 3.05) is 40.5 Å². The second kappa shape index (κ2) is 19.2. The number of carbonyl (C=O) groups excluding carboxylic acids is 1. The predicted octanol–water partition coefficient (Wildman–Crippen LogP) is 5.68. The molecule has 2 fully saturated rings. The summed E-state index contributed by atoms with van der Waals surface area (Å²) < 4.78 is 5.46. The van der Waals surface area contributed by atoms with Crippen LogP contribution in [0.1, 0.15) is 82.8 Å². The normalized spacial score (nSPS) is 37.3. The smallest absolute Gasteiger partial charge is 0.145 e. The first-order valence-corrected chi connectivity index (χ1v) is 21.8. The van der Waals surface area contributed by atoms with Gasteiger partial charge in [-0.2, -0.15) is 0 Å². The quantitative estimate of drug-likeness (QED) is 0.0546. The van der Waals surface area contributed by atoms with Crippen LogP contribution < -0.4 is 10.6 Å². The van der Waals surface area contributed by atoms with E-state index in [1.54, 1.807) is 7.11 Å². The largest absolute Gasteiger partial charge is 0.396 e. The maximum Gasteiger partial charge on any atom is 0.145 e. The van der Waals surface area contributed by atoms with E-state index in [4.69, 9.17) is 4.74 Å². The van der Waals surface area contributed by atoms with Crippen LogP contribution >= 0.6 is 0 Å². The molecule has 1 aliphatic heterocycles. The first kappa shape index (κ1) is 44.6. The molecule has 6 bridgehead atoms. The van der Waals surface area contributed by atoms with E-state index < -0.39 is 29.3 Å². The van der Waals surface area contributed by atoms with Gasteiger partial charge in [-0.05, 0) is 150 Å². The molecule has 0 radical (unpaired) electrons. The predicted molar refractivity (Wildman–Crippen MR) is 230 cm³/mol. The number of methoxy groups -OCH3 is 1. The molecule has 0 saturated heterocycles. The molecule has 6 rings (SSSR count). The average Bonchev–Trinajstić information content (AvgIpc) is 3.56. The molecule has 4 aliphatic carbocycles. The van der Waals surface area contributed by atoms with Crippen LogP contribution in [0.25, 0.3) is 0 Å². The Morgan fingerprint density at radius 3 is 2.64 bits per heavy atom. The topological polar surface area (TPSA) is 152 Å². The maximum absolute atomic E-state index is 12.8. The Morgan fingerprint density at radius 1 is 1.12 bits per heavy atom. The number of benzene rings is 1. The number of carbonyl (C=O) groups is 1. The van der Waals surface area contributed by atoms with Gasteiger partial charge in [0.15, 0.2) is 0 Å². The fraction of sp³-hybridized carbons (Fsp3) is 0.612. The third-order valence-corrected chi connectivity index (χ3v) is 14.8. The summed E-state index contributed by atoms with van der Waals surface area (Å²) in [6.07, 6.45) is 19.1. The number of hydrogen-bond acceptors (Lipinski definition) is 9. The molecule has 7 N–H and O–H groups in total. The van der Waals surface area contributed by atoms with E-state index in [1.807, 2.05) is 32.2 Å². The number of aldehydes is 1. The standard InChI is InChI=1S/C49H70N2O7/c1-32(42-26-34-10-7-11-35(25-34)28-47(3,21-24-58-5)51-46(56)38-13-8-12-37(42)27-38)9-6-14-40(31-54)41-17-19-49(45(41)55)44-36(18-23-52)15-16-39(43(44)33(2)30-53)29-48(49,57)20-22-50-4/h6-7,9-11,14-16,25,27,30,36-37,39,41-42,44-46,50-52,54-57H,1,8,12-13,17-24,26,28-29,31H2,2-5H3/b9-6+,40-14-,43-33?/t36-,37-,39-,41-,42+,44-,45+,46-,47+,48+,49+/m0/s1. The van der Waals surface area contributed by atoms with Crippen molar-refractivity contribution in [1.82, 2.24) is 10.6 Å². The van der Waals surface area contributed by atoms with Crippen molar-refractivity contribution < 1.29 is 35.1 Å². The van der Waals surface area contributed by atoms with Gasteiger partial charge in [0.1, 0.15) is 12.5 Å². The Bertz CT molecular complexity index is 1780. The Labute approximate surface area is 346 Å². The van der Waals surface area contributed by atoms with E-state index in [1.165, 1.54) is 11.1 Å². The molecule has 9 nitrogen and oxygen atoms in total. The molecule has 318 valence electrons. The van der Waals surface area contributed by atoms with E-state index in [0.29, 0.717) is 56.4 Å². The zero-order valence-corrected chi connectivity index (χ0v) is 35.3. The number of rotatable bonds is 14. The highest BCUT2D eigenvalue weighted by molar-refractivity contribution is 5.74. The third kappa shape index (κ3) is 8.89. The Kier molecular flexibility index (Phi) is 14.7. The molecule has 2 saturated carbocycles. The SMILES string of the molecule is C=C(/C=C/C=C(/CO)[C@@H]1CC[C@]2([C@@H]1O)[C@@H]1C(=C(C)C=O)[C@@H](C=C[C@H]1CCO)C[C@]2(O)CCNC)[C@H]1Cc2cccc(c2)C[C@@](C)(CCOC)N[C@@H](O)C2=C[C@@H]1CCC2. The van der Waals surface area contributed by atoms with E-state index in [-0.39, 0.29) is 48.3 Å². The average molecular weight is 799 g/mol. The van der Waals surface area contributed by atoms with Crippen molar-refractivity contribution in [3.8, 4) is 0 Å². The van der Waals surface area contributed by atoms with Crippen LogP contribution in [0.2, 0.25) is 0 Å². The Hall–Kier alpha value is -2.99. The minimum atomic E-state index is -1.24. The van der Waals surface area contributed by atoms with Crippen LogP contribution in [0.4, 0.5) is 0 Å². The summed E-state index contributed by atoms with van der Waals surface area (Å²) in [5.41, 5.74) is 4.19. The van der Waals surface area contributed by atoms with Gasteiger partial charge in [-0.3, -0.25) is 10.1 Å². The van der Waals surface area contributed by atoms with Crippen LogP contribution in [-0.4, -0.2) is 95.8 Å². The molecular formula is C49H70N2O7. The number of aliphatic hydroxyl groups is 5. The van der Waals surface area contributed by atoms with E-state index in [0.717, 1.165) is 61.5 Å². The van der Waals surface area contributed by atoms with Crippen LogP contribution in [0.3, 0.4) is 0 Å². The highest BCUT2D eigenvalue weighted by Gasteiger charge is 2.68. The first-order chi connectivity index (χ1) is 27.9. The van der Waals surface area contributed by atoms with Gasteiger partial charge in [0.2, 0.25) is 0 Å². The van der Waals surface area contributed by atoms with Crippen molar-refractivity contribution in [3.05, 3.63) is 106 Å². The van der Waals surface area contributed by atoms with Crippen molar-refractivity contribution in [2.45, 2.75) is 108 Å². The van der Waals surface area contributed by atoms with Gasteiger partial charge in [0.05, 0.1) is 18.3 Å². The third-order valence-electron chi connectivity index (χ3n) is 14.8. The summed E-state index contributed by atoms with van der Waals surface area (Å²) in [6, 6.07) is 8.76. The molecule has 9 heteroatoms. The molecule has 1 aromatic rings. The highest BCUT2D eigenvalue weighted by atomic mass is 16.5. The van der Waals surface area contributed by atoms with Crippen LogP contribution in [0.5, 0.6) is 0 Å². The molecule has 58 heavy (non-hydrogen) atoms. The second-order valence-corrected chi connectivity index (χ2v) is 18.4. The lowest BCUT2D eigenvalue weighted by Gasteiger charge is -2.61. The van der Waals surface area contributed by atoms with Crippen molar-refractivity contribution >= 4 is 6.29 Å². The minimum Gasteiger partial charge on any atom is -0.396 e. The summed E-state index contributed by atoms with van der Waals surface area (Å²) in [6.45, 7) is 9.48. The minimum absolute atomic E-state index is 0.0409. The number of aliphatic hydroxyl groups excluding tert-OH is 4. The van der Waals surface area contributed by atoms with Gasteiger partial charge in [0, 0.05) is 43.1 Å². The van der Waals surface area contributed by atoms with E-state index >= 15 is 0 Å². The molecule has 0 amide bonds. The van der Waals surface area contributed by atoms with Gasteiger partial charge in [-0.25, -0.2) is 0 Å². The van der Waals surface area contributed by atoms with Crippen LogP contribution in [0.15, 0.2) is 95.2 Å². The fourth-order valence-corrected chi connectivity index (χ4v) is 11.9. The molecular weight excluding hydrogens is 729 g/mol. The van der Waals surface area contributed by atoms with Crippen molar-refractivity contribution in [1.29, 1.82) is 0 Å². The summed E-state index contributed by atoms with van der Waals surface area (Å²) >= 11 is 0. The molecule has 1 spiro atoms. The van der Waals surface area contributed by atoms with Gasteiger partial charge >= 0.3 is 0 Å². The number of nitrogens with one attached hydrogen (secondary N) is 2. The first-order valence-electron chi connectivity index (χ1n) is 21.8. The Balaban J connectivity index is 1.31. The molecule has 0 aromatic heterocycles. The van der Waals surface area contributed by atoms with Crippen molar-refractivity contribution in [3.63, 3.8) is 0 Å². The van der Waals surface area contributed by atoms with Gasteiger partial charge in [0.25, 0.3) is 0 Å². The van der Waals surface area contributed by atoms with Crippen molar-refractivity contribution in [2.24, 2.45) is 40.9 Å². The number of allylic oxidation sites excluding steroid dienone is 9. The molecule has 1 heterocycles.